The van der Waals surface area contributed by atoms with Crippen LogP contribution in [0.3, 0.4) is 0 Å². The number of hydrogen-bond donors (Lipinski definition) is 0. The van der Waals surface area contributed by atoms with Crippen LogP contribution in [0.25, 0.3) is 0 Å². The Balaban J connectivity index is 1.86. The fraction of sp³-hybridized carbons (Fsp3) is 0.529. The molecule has 0 aromatic heterocycles. The van der Waals surface area contributed by atoms with Crippen molar-refractivity contribution in [1.82, 2.24) is 0 Å². The highest BCUT2D eigenvalue weighted by Crippen LogP contribution is 2.31. The number of benzene rings is 1. The normalized spacial score (nSPS) is 24.5. The first-order valence-electron chi connectivity index (χ1n) is 7.02. The lowest BCUT2D eigenvalue weighted by molar-refractivity contribution is 0.309. The van der Waals surface area contributed by atoms with Crippen LogP contribution in [0, 0.1) is 11.8 Å². The second-order valence-corrected chi connectivity index (χ2v) is 5.39. The van der Waals surface area contributed by atoms with E-state index in [2.05, 4.69) is 43.8 Å². The van der Waals surface area contributed by atoms with Crippen molar-refractivity contribution in [2.75, 3.05) is 0 Å². The fourth-order valence-corrected chi connectivity index (χ4v) is 2.87. The Kier molecular flexibility index (Phi) is 4.42. The van der Waals surface area contributed by atoms with E-state index in [1.54, 1.807) is 0 Å². The molecule has 0 saturated heterocycles. The Hall–Kier alpha value is -1.04. The number of rotatable bonds is 4. The van der Waals surface area contributed by atoms with Gasteiger partial charge in [0.25, 0.3) is 0 Å². The van der Waals surface area contributed by atoms with Crippen molar-refractivity contribution >= 4 is 0 Å². The summed E-state index contributed by atoms with van der Waals surface area (Å²) in [5, 5.41) is 0. The molecule has 1 aliphatic rings. The number of aryl methyl sites for hydroxylation is 1. The Bertz CT molecular complexity index is 339. The highest BCUT2D eigenvalue weighted by atomic mass is 14.2. The molecule has 0 amide bonds. The van der Waals surface area contributed by atoms with Gasteiger partial charge in [0.15, 0.2) is 0 Å². The quantitative estimate of drug-likeness (QED) is 0.650. The van der Waals surface area contributed by atoms with Crippen LogP contribution >= 0.6 is 0 Å². The summed E-state index contributed by atoms with van der Waals surface area (Å²) in [6, 6.07) is 9.20. The summed E-state index contributed by atoms with van der Waals surface area (Å²) in [4.78, 5) is 0. The van der Waals surface area contributed by atoms with Gasteiger partial charge in [-0.2, -0.15) is 0 Å². The molecule has 0 spiro atoms. The van der Waals surface area contributed by atoms with Gasteiger partial charge in [0.05, 0.1) is 0 Å². The zero-order valence-corrected chi connectivity index (χ0v) is 11.0. The standard InChI is InChI=1S/C17H24/c1-3-14-5-9-16(10-6-14)13-17-11-7-15(4-2)8-12-17/h3,7-8,11-12,14,16H,1,4-6,9-10,13H2,2H3. The van der Waals surface area contributed by atoms with Crippen molar-refractivity contribution in [2.45, 2.75) is 45.4 Å². The Morgan fingerprint density at radius 3 is 2.18 bits per heavy atom. The average Bonchev–Trinajstić information content (AvgIpc) is 2.40. The number of allylic oxidation sites excluding steroid dienone is 1. The minimum absolute atomic E-state index is 0.786. The predicted molar refractivity (Wildman–Crippen MR) is 75.2 cm³/mol. The Labute approximate surface area is 106 Å². The van der Waals surface area contributed by atoms with Crippen LogP contribution in [0.15, 0.2) is 36.9 Å². The predicted octanol–water partition coefficient (Wildman–Crippen LogP) is 4.78. The maximum atomic E-state index is 3.91. The van der Waals surface area contributed by atoms with Crippen molar-refractivity contribution in [3.63, 3.8) is 0 Å². The molecule has 0 heteroatoms. The monoisotopic (exact) mass is 228 g/mol. The van der Waals surface area contributed by atoms with E-state index in [0.29, 0.717) is 0 Å². The molecule has 0 heterocycles. The van der Waals surface area contributed by atoms with E-state index >= 15 is 0 Å². The lowest BCUT2D eigenvalue weighted by atomic mass is 9.79. The second kappa shape index (κ2) is 6.05. The molecule has 0 unspecified atom stereocenters. The zero-order chi connectivity index (χ0) is 12.1. The molecule has 0 atom stereocenters. The molecule has 1 aromatic carbocycles. The summed E-state index contributed by atoms with van der Waals surface area (Å²) >= 11 is 0. The maximum Gasteiger partial charge on any atom is -0.0236 e. The first-order chi connectivity index (χ1) is 8.31. The van der Waals surface area contributed by atoms with E-state index in [1.165, 1.54) is 43.2 Å². The third-order valence-electron chi connectivity index (χ3n) is 4.18. The van der Waals surface area contributed by atoms with E-state index in [9.17, 15) is 0 Å². The van der Waals surface area contributed by atoms with E-state index in [-0.39, 0.29) is 0 Å². The van der Waals surface area contributed by atoms with Gasteiger partial charge in [-0.3, -0.25) is 0 Å². The molecular weight excluding hydrogens is 204 g/mol. The van der Waals surface area contributed by atoms with Crippen LogP contribution in [-0.2, 0) is 12.8 Å². The summed E-state index contributed by atoms with van der Waals surface area (Å²) in [5.41, 5.74) is 2.97. The van der Waals surface area contributed by atoms with Crippen molar-refractivity contribution in [3.8, 4) is 0 Å². The molecule has 1 fully saturated rings. The van der Waals surface area contributed by atoms with Crippen LogP contribution in [0.2, 0.25) is 0 Å². The number of hydrogen-bond acceptors (Lipinski definition) is 0. The highest BCUT2D eigenvalue weighted by Gasteiger charge is 2.19. The lowest BCUT2D eigenvalue weighted by Gasteiger charge is -2.26. The van der Waals surface area contributed by atoms with Crippen LogP contribution in [0.4, 0.5) is 0 Å². The Morgan fingerprint density at radius 1 is 1.06 bits per heavy atom. The summed E-state index contributed by atoms with van der Waals surface area (Å²) in [7, 11) is 0. The smallest absolute Gasteiger partial charge is 0.0236 e. The minimum atomic E-state index is 0.786. The lowest BCUT2D eigenvalue weighted by Crippen LogP contribution is -2.14. The molecule has 0 aliphatic heterocycles. The Morgan fingerprint density at radius 2 is 1.65 bits per heavy atom. The average molecular weight is 228 g/mol. The minimum Gasteiger partial charge on any atom is -0.103 e. The van der Waals surface area contributed by atoms with Gasteiger partial charge in [-0.1, -0.05) is 37.3 Å². The molecule has 0 radical (unpaired) electrons. The van der Waals surface area contributed by atoms with Gasteiger partial charge in [-0.05, 0) is 61.5 Å². The molecule has 1 aromatic rings. The molecule has 1 aliphatic carbocycles. The molecule has 0 N–H and O–H groups in total. The molecule has 17 heavy (non-hydrogen) atoms. The van der Waals surface area contributed by atoms with E-state index in [1.807, 2.05) is 0 Å². The molecule has 1 saturated carbocycles. The van der Waals surface area contributed by atoms with E-state index < -0.39 is 0 Å². The topological polar surface area (TPSA) is 0 Å². The molecule has 92 valence electrons. The fourth-order valence-electron chi connectivity index (χ4n) is 2.87. The molecule has 0 bridgehead atoms. The molecule has 2 rings (SSSR count). The maximum absolute atomic E-state index is 3.91. The van der Waals surface area contributed by atoms with E-state index in [0.717, 1.165) is 18.3 Å². The summed E-state index contributed by atoms with van der Waals surface area (Å²) in [6.45, 7) is 6.13. The largest absolute Gasteiger partial charge is 0.103 e. The van der Waals surface area contributed by atoms with Crippen molar-refractivity contribution in [2.24, 2.45) is 11.8 Å². The summed E-state index contributed by atoms with van der Waals surface area (Å²) in [6.07, 6.45) is 10.0. The zero-order valence-electron chi connectivity index (χ0n) is 11.0. The summed E-state index contributed by atoms with van der Waals surface area (Å²) in [5.74, 6) is 1.69. The summed E-state index contributed by atoms with van der Waals surface area (Å²) < 4.78 is 0. The van der Waals surface area contributed by atoms with Crippen molar-refractivity contribution in [1.29, 1.82) is 0 Å². The van der Waals surface area contributed by atoms with Crippen LogP contribution in [-0.4, -0.2) is 0 Å². The highest BCUT2D eigenvalue weighted by molar-refractivity contribution is 5.22. The third kappa shape index (κ3) is 3.46. The SMILES string of the molecule is C=CC1CCC(Cc2ccc(CC)cc2)CC1. The van der Waals surface area contributed by atoms with Gasteiger partial charge in [0, 0.05) is 0 Å². The first kappa shape index (κ1) is 12.4. The van der Waals surface area contributed by atoms with Gasteiger partial charge in [-0.15, -0.1) is 6.58 Å². The van der Waals surface area contributed by atoms with Crippen LogP contribution in [0.5, 0.6) is 0 Å². The second-order valence-electron chi connectivity index (χ2n) is 5.39. The van der Waals surface area contributed by atoms with Crippen LogP contribution < -0.4 is 0 Å². The van der Waals surface area contributed by atoms with Gasteiger partial charge in [0.1, 0.15) is 0 Å². The molecular formula is C17H24. The van der Waals surface area contributed by atoms with Crippen LogP contribution in [0.1, 0.15) is 43.7 Å². The van der Waals surface area contributed by atoms with Gasteiger partial charge >= 0.3 is 0 Å². The van der Waals surface area contributed by atoms with Gasteiger partial charge < -0.3 is 0 Å². The van der Waals surface area contributed by atoms with Gasteiger partial charge in [-0.25, -0.2) is 0 Å². The third-order valence-corrected chi connectivity index (χ3v) is 4.18. The molecule has 0 nitrogen and oxygen atoms in total. The van der Waals surface area contributed by atoms with E-state index in [4.69, 9.17) is 0 Å². The van der Waals surface area contributed by atoms with Crippen molar-refractivity contribution in [3.05, 3.63) is 48.0 Å². The van der Waals surface area contributed by atoms with Gasteiger partial charge in [0.2, 0.25) is 0 Å². The van der Waals surface area contributed by atoms with Crippen molar-refractivity contribution < 1.29 is 0 Å². The first-order valence-corrected chi connectivity index (χ1v) is 7.02.